The van der Waals surface area contributed by atoms with Crippen molar-refractivity contribution in [1.82, 2.24) is 5.32 Å². The van der Waals surface area contributed by atoms with E-state index in [1.807, 2.05) is 13.8 Å². The first-order valence-corrected chi connectivity index (χ1v) is 6.90. The average Bonchev–Trinajstić information content (AvgIpc) is 2.36. The SMILES string of the molecule is CC(C)CC(O)CNC(=O)CCOc1cccc(N)c1. The summed E-state index contributed by atoms with van der Waals surface area (Å²) in [5.74, 6) is 0.933. The molecule has 4 N–H and O–H groups in total. The second-order valence-corrected chi connectivity index (χ2v) is 5.26. The maximum Gasteiger partial charge on any atom is 0.223 e. The molecule has 0 spiro atoms. The molecule has 5 nitrogen and oxygen atoms in total. The maximum atomic E-state index is 11.6. The van der Waals surface area contributed by atoms with Gasteiger partial charge in [0.1, 0.15) is 5.75 Å². The van der Waals surface area contributed by atoms with Crippen molar-refractivity contribution >= 4 is 11.6 Å². The molecule has 0 radical (unpaired) electrons. The Morgan fingerprint density at radius 1 is 1.45 bits per heavy atom. The highest BCUT2D eigenvalue weighted by Crippen LogP contribution is 2.14. The molecule has 0 saturated heterocycles. The summed E-state index contributed by atoms with van der Waals surface area (Å²) in [6.45, 7) is 4.64. The van der Waals surface area contributed by atoms with Gasteiger partial charge in [-0.15, -0.1) is 0 Å². The third kappa shape index (κ3) is 6.99. The number of hydrogen-bond acceptors (Lipinski definition) is 4. The van der Waals surface area contributed by atoms with Crippen LogP contribution in [0, 0.1) is 5.92 Å². The molecule has 1 unspecified atom stereocenters. The molecule has 112 valence electrons. The largest absolute Gasteiger partial charge is 0.493 e. The molecule has 0 fully saturated rings. The molecule has 0 aromatic heterocycles. The number of nitrogens with one attached hydrogen (secondary N) is 1. The quantitative estimate of drug-likeness (QED) is 0.631. The van der Waals surface area contributed by atoms with Gasteiger partial charge in [-0.3, -0.25) is 4.79 Å². The first kappa shape index (κ1) is 16.3. The minimum absolute atomic E-state index is 0.128. The zero-order valence-corrected chi connectivity index (χ0v) is 12.1. The topological polar surface area (TPSA) is 84.6 Å². The van der Waals surface area contributed by atoms with Crippen LogP contribution in [-0.4, -0.2) is 30.3 Å². The highest BCUT2D eigenvalue weighted by atomic mass is 16.5. The maximum absolute atomic E-state index is 11.6. The van der Waals surface area contributed by atoms with Crippen LogP contribution in [0.25, 0.3) is 0 Å². The molecule has 1 atom stereocenters. The minimum atomic E-state index is -0.492. The number of nitrogen functional groups attached to an aromatic ring is 1. The van der Waals surface area contributed by atoms with Gasteiger partial charge in [0.2, 0.25) is 5.91 Å². The van der Waals surface area contributed by atoms with Gasteiger partial charge >= 0.3 is 0 Å². The lowest BCUT2D eigenvalue weighted by molar-refractivity contribution is -0.122. The van der Waals surface area contributed by atoms with E-state index in [0.717, 1.165) is 0 Å². The molecule has 0 aliphatic rings. The van der Waals surface area contributed by atoms with E-state index in [0.29, 0.717) is 23.8 Å². The molecule has 1 aromatic carbocycles. The molecular weight excluding hydrogens is 256 g/mol. The number of anilines is 1. The van der Waals surface area contributed by atoms with Crippen LogP contribution in [0.1, 0.15) is 26.7 Å². The van der Waals surface area contributed by atoms with Crippen LogP contribution in [0.15, 0.2) is 24.3 Å². The molecule has 0 heterocycles. The zero-order valence-electron chi connectivity index (χ0n) is 12.1. The molecule has 1 amide bonds. The van der Waals surface area contributed by atoms with Crippen molar-refractivity contribution < 1.29 is 14.6 Å². The van der Waals surface area contributed by atoms with E-state index in [1.165, 1.54) is 0 Å². The summed E-state index contributed by atoms with van der Waals surface area (Å²) in [5, 5.41) is 12.3. The first-order valence-electron chi connectivity index (χ1n) is 6.90. The highest BCUT2D eigenvalue weighted by Gasteiger charge is 2.09. The Bertz CT molecular complexity index is 421. The third-order valence-electron chi connectivity index (χ3n) is 2.73. The normalized spacial score (nSPS) is 12.2. The van der Waals surface area contributed by atoms with E-state index in [2.05, 4.69) is 5.32 Å². The standard InChI is InChI=1S/C15H24N2O3/c1-11(2)8-13(18)10-17-15(19)6-7-20-14-5-3-4-12(16)9-14/h3-5,9,11,13,18H,6-8,10,16H2,1-2H3,(H,17,19). The van der Waals surface area contributed by atoms with Crippen molar-refractivity contribution in [3.63, 3.8) is 0 Å². The molecule has 1 aromatic rings. The van der Waals surface area contributed by atoms with Gasteiger partial charge in [-0.05, 0) is 24.5 Å². The summed E-state index contributed by atoms with van der Waals surface area (Å²) in [6, 6.07) is 7.08. The summed E-state index contributed by atoms with van der Waals surface area (Å²) in [5.41, 5.74) is 6.25. The fourth-order valence-electron chi connectivity index (χ4n) is 1.81. The van der Waals surface area contributed by atoms with Crippen molar-refractivity contribution in [2.45, 2.75) is 32.8 Å². The lowest BCUT2D eigenvalue weighted by atomic mass is 10.1. The van der Waals surface area contributed by atoms with E-state index in [1.54, 1.807) is 24.3 Å². The van der Waals surface area contributed by atoms with Gasteiger partial charge in [-0.1, -0.05) is 19.9 Å². The van der Waals surface area contributed by atoms with Crippen LogP contribution >= 0.6 is 0 Å². The predicted octanol–water partition coefficient (Wildman–Crippen LogP) is 1.56. The van der Waals surface area contributed by atoms with E-state index >= 15 is 0 Å². The Morgan fingerprint density at radius 3 is 2.85 bits per heavy atom. The molecule has 0 aliphatic carbocycles. The number of aliphatic hydroxyl groups excluding tert-OH is 1. The monoisotopic (exact) mass is 280 g/mol. The summed E-state index contributed by atoms with van der Waals surface area (Å²) in [4.78, 5) is 11.6. The van der Waals surface area contributed by atoms with Crippen LogP contribution in [0.2, 0.25) is 0 Å². The average molecular weight is 280 g/mol. The van der Waals surface area contributed by atoms with Crippen LogP contribution in [0.5, 0.6) is 5.75 Å². The molecule has 20 heavy (non-hydrogen) atoms. The van der Waals surface area contributed by atoms with E-state index in [4.69, 9.17) is 10.5 Å². The summed E-state index contributed by atoms with van der Waals surface area (Å²) in [6.07, 6.45) is 0.442. The summed E-state index contributed by atoms with van der Waals surface area (Å²) >= 11 is 0. The second kappa shape index (κ2) is 8.43. The molecule has 0 aliphatic heterocycles. The van der Waals surface area contributed by atoms with E-state index in [-0.39, 0.29) is 25.5 Å². The van der Waals surface area contributed by atoms with Crippen molar-refractivity contribution in [3.05, 3.63) is 24.3 Å². The first-order chi connectivity index (χ1) is 9.47. The number of carbonyl (C=O) groups excluding carboxylic acids is 1. The number of aliphatic hydroxyl groups is 1. The lowest BCUT2D eigenvalue weighted by Gasteiger charge is -2.14. The smallest absolute Gasteiger partial charge is 0.223 e. The van der Waals surface area contributed by atoms with Crippen LogP contribution in [0.3, 0.4) is 0 Å². The van der Waals surface area contributed by atoms with Gasteiger partial charge in [-0.2, -0.15) is 0 Å². The van der Waals surface area contributed by atoms with Gasteiger partial charge in [0.15, 0.2) is 0 Å². The Morgan fingerprint density at radius 2 is 2.20 bits per heavy atom. The molecular formula is C15H24N2O3. The minimum Gasteiger partial charge on any atom is -0.493 e. The van der Waals surface area contributed by atoms with Crippen LogP contribution in [0.4, 0.5) is 5.69 Å². The number of hydrogen-bond donors (Lipinski definition) is 3. The van der Waals surface area contributed by atoms with Crippen LogP contribution in [-0.2, 0) is 4.79 Å². The summed E-state index contributed by atoms with van der Waals surface area (Å²) < 4.78 is 5.43. The second-order valence-electron chi connectivity index (χ2n) is 5.26. The fraction of sp³-hybridized carbons (Fsp3) is 0.533. The van der Waals surface area contributed by atoms with Crippen molar-refractivity contribution in [2.75, 3.05) is 18.9 Å². The number of nitrogens with two attached hydrogens (primary N) is 1. The Balaban J connectivity index is 2.17. The Hall–Kier alpha value is -1.75. The molecule has 0 saturated carbocycles. The Labute approximate surface area is 120 Å². The van der Waals surface area contributed by atoms with E-state index < -0.39 is 6.10 Å². The van der Waals surface area contributed by atoms with Crippen molar-refractivity contribution in [2.24, 2.45) is 5.92 Å². The predicted molar refractivity (Wildman–Crippen MR) is 79.4 cm³/mol. The fourth-order valence-corrected chi connectivity index (χ4v) is 1.81. The summed E-state index contributed by atoms with van der Waals surface area (Å²) in [7, 11) is 0. The highest BCUT2D eigenvalue weighted by molar-refractivity contribution is 5.76. The van der Waals surface area contributed by atoms with Gasteiger partial charge < -0.3 is 20.9 Å². The number of carbonyl (C=O) groups is 1. The number of rotatable bonds is 8. The molecule has 1 rings (SSSR count). The molecule has 0 bridgehead atoms. The molecule has 5 heteroatoms. The van der Waals surface area contributed by atoms with Crippen molar-refractivity contribution in [1.29, 1.82) is 0 Å². The van der Waals surface area contributed by atoms with Gasteiger partial charge in [0.05, 0.1) is 19.1 Å². The number of ether oxygens (including phenoxy) is 1. The van der Waals surface area contributed by atoms with Crippen molar-refractivity contribution in [3.8, 4) is 5.75 Å². The zero-order chi connectivity index (χ0) is 15.0. The number of benzene rings is 1. The lowest BCUT2D eigenvalue weighted by Crippen LogP contribution is -2.33. The third-order valence-corrected chi connectivity index (χ3v) is 2.73. The van der Waals surface area contributed by atoms with Gasteiger partial charge in [0.25, 0.3) is 0 Å². The van der Waals surface area contributed by atoms with Crippen LogP contribution < -0.4 is 15.8 Å². The Kier molecular flexibility index (Phi) is 6.87. The van der Waals surface area contributed by atoms with E-state index in [9.17, 15) is 9.90 Å². The van der Waals surface area contributed by atoms with Gasteiger partial charge in [-0.25, -0.2) is 0 Å². The number of amides is 1. The van der Waals surface area contributed by atoms with Gasteiger partial charge in [0, 0.05) is 18.3 Å².